The Hall–Kier alpha value is -3.40. The van der Waals surface area contributed by atoms with Crippen LogP contribution in [0.1, 0.15) is 31.8 Å². The molecule has 0 aliphatic carbocycles. The molecule has 0 radical (unpaired) electrons. The molecule has 4 heteroatoms. The van der Waals surface area contributed by atoms with Crippen LogP contribution in [0.2, 0.25) is 0 Å². The molecule has 4 rings (SSSR count). The van der Waals surface area contributed by atoms with Gasteiger partial charge in [-0.3, -0.25) is 4.79 Å². The van der Waals surface area contributed by atoms with Gasteiger partial charge in [0, 0.05) is 21.9 Å². The number of aromatic carboxylic acids is 1. The van der Waals surface area contributed by atoms with Crippen LogP contribution in [-0.2, 0) is 0 Å². The number of benzene rings is 3. The van der Waals surface area contributed by atoms with Crippen molar-refractivity contribution in [3.8, 4) is 0 Å². The molecule has 25 heavy (non-hydrogen) atoms. The van der Waals surface area contributed by atoms with E-state index in [0.717, 1.165) is 27.5 Å². The summed E-state index contributed by atoms with van der Waals surface area (Å²) in [5.41, 5.74) is 3.79. The highest BCUT2D eigenvalue weighted by Crippen LogP contribution is 2.30. The van der Waals surface area contributed by atoms with Gasteiger partial charge in [-0.15, -0.1) is 0 Å². The van der Waals surface area contributed by atoms with Crippen molar-refractivity contribution in [3.63, 3.8) is 0 Å². The van der Waals surface area contributed by atoms with Crippen molar-refractivity contribution in [3.05, 3.63) is 82.9 Å². The van der Waals surface area contributed by atoms with E-state index in [1.165, 1.54) is 24.3 Å². The zero-order valence-corrected chi connectivity index (χ0v) is 13.4. The second-order valence-corrected chi connectivity index (χ2v) is 6.02. The molecule has 0 unspecified atom stereocenters. The average Bonchev–Trinajstić information content (AvgIpc) is 2.98. The number of fused-ring (bicyclic) bond motifs is 3. The Morgan fingerprint density at radius 3 is 2.00 bits per heavy atom. The number of carboxylic acids is 1. The summed E-state index contributed by atoms with van der Waals surface area (Å²) in [5.74, 6) is -1.17. The first-order valence-electron chi connectivity index (χ1n) is 7.84. The van der Waals surface area contributed by atoms with E-state index in [0.29, 0.717) is 11.1 Å². The van der Waals surface area contributed by atoms with Gasteiger partial charge in [-0.05, 0) is 49.4 Å². The number of furan rings is 1. The Balaban J connectivity index is 1.80. The minimum absolute atomic E-state index is 0.152. The lowest BCUT2D eigenvalue weighted by atomic mass is 10.00. The van der Waals surface area contributed by atoms with Gasteiger partial charge >= 0.3 is 5.97 Å². The standard InChI is InChI=1S/C21H14O4/c1-12-2-8-18-16(10-12)17-11-15(7-9-19(17)25-18)20(22)13-3-5-14(6-4-13)21(23)24/h2-11H,1H3,(H,23,24). The summed E-state index contributed by atoms with van der Waals surface area (Å²) in [6.45, 7) is 2.01. The van der Waals surface area contributed by atoms with Gasteiger partial charge in [0.2, 0.25) is 0 Å². The van der Waals surface area contributed by atoms with Crippen LogP contribution in [0.25, 0.3) is 21.9 Å². The van der Waals surface area contributed by atoms with Gasteiger partial charge in [0.15, 0.2) is 5.78 Å². The molecular formula is C21H14O4. The largest absolute Gasteiger partial charge is 0.478 e. The molecule has 0 saturated heterocycles. The van der Waals surface area contributed by atoms with Gasteiger partial charge in [0.25, 0.3) is 0 Å². The summed E-state index contributed by atoms with van der Waals surface area (Å²) >= 11 is 0. The van der Waals surface area contributed by atoms with Crippen LogP contribution < -0.4 is 0 Å². The molecule has 1 N–H and O–H groups in total. The highest BCUT2D eigenvalue weighted by atomic mass is 16.4. The van der Waals surface area contributed by atoms with E-state index in [1.807, 2.05) is 31.2 Å². The highest BCUT2D eigenvalue weighted by molar-refractivity contribution is 6.13. The fourth-order valence-corrected chi connectivity index (χ4v) is 2.96. The third-order valence-electron chi connectivity index (χ3n) is 4.28. The third-order valence-corrected chi connectivity index (χ3v) is 4.28. The summed E-state index contributed by atoms with van der Waals surface area (Å²) in [7, 11) is 0. The van der Waals surface area contributed by atoms with Crippen LogP contribution in [0.5, 0.6) is 0 Å². The lowest BCUT2D eigenvalue weighted by molar-refractivity contribution is 0.0696. The monoisotopic (exact) mass is 330 g/mol. The Morgan fingerprint density at radius 2 is 1.32 bits per heavy atom. The Labute approximate surface area is 143 Å². The Morgan fingerprint density at radius 1 is 0.760 bits per heavy atom. The highest BCUT2D eigenvalue weighted by Gasteiger charge is 2.14. The van der Waals surface area contributed by atoms with E-state index in [2.05, 4.69) is 0 Å². The molecule has 0 fully saturated rings. The number of rotatable bonds is 3. The van der Waals surface area contributed by atoms with Gasteiger partial charge in [0.1, 0.15) is 11.2 Å². The van der Waals surface area contributed by atoms with E-state index < -0.39 is 5.97 Å². The van der Waals surface area contributed by atoms with Crippen molar-refractivity contribution in [1.82, 2.24) is 0 Å². The lowest BCUT2D eigenvalue weighted by Crippen LogP contribution is -2.02. The van der Waals surface area contributed by atoms with E-state index in [1.54, 1.807) is 12.1 Å². The minimum atomic E-state index is -1.01. The molecule has 0 saturated carbocycles. The maximum Gasteiger partial charge on any atom is 0.335 e. The number of aryl methyl sites for hydroxylation is 1. The molecule has 0 amide bonds. The first-order chi connectivity index (χ1) is 12.0. The molecule has 1 aromatic heterocycles. The van der Waals surface area contributed by atoms with Crippen molar-refractivity contribution in [2.75, 3.05) is 0 Å². The van der Waals surface area contributed by atoms with Crippen LogP contribution in [0.4, 0.5) is 0 Å². The van der Waals surface area contributed by atoms with Crippen molar-refractivity contribution < 1.29 is 19.1 Å². The summed E-state index contributed by atoms with van der Waals surface area (Å²) in [4.78, 5) is 23.6. The smallest absolute Gasteiger partial charge is 0.335 e. The van der Waals surface area contributed by atoms with Gasteiger partial charge < -0.3 is 9.52 Å². The second kappa shape index (κ2) is 5.60. The molecule has 0 aliphatic heterocycles. The summed E-state index contributed by atoms with van der Waals surface area (Å²) in [6.07, 6.45) is 0. The zero-order valence-electron chi connectivity index (χ0n) is 13.4. The van der Waals surface area contributed by atoms with Crippen molar-refractivity contribution in [2.45, 2.75) is 6.92 Å². The predicted octanol–water partition coefficient (Wildman–Crippen LogP) is 4.82. The molecule has 0 atom stereocenters. The Bertz CT molecular complexity index is 1130. The van der Waals surface area contributed by atoms with Gasteiger partial charge in [-0.25, -0.2) is 4.79 Å². The average molecular weight is 330 g/mol. The number of ketones is 1. The normalized spacial score (nSPS) is 11.1. The minimum Gasteiger partial charge on any atom is -0.478 e. The Kier molecular flexibility index (Phi) is 3.39. The van der Waals surface area contributed by atoms with Crippen LogP contribution >= 0.6 is 0 Å². The molecule has 1 heterocycles. The topological polar surface area (TPSA) is 67.5 Å². The summed E-state index contributed by atoms with van der Waals surface area (Å²) < 4.78 is 5.81. The molecular weight excluding hydrogens is 316 g/mol. The molecule has 4 aromatic rings. The van der Waals surface area contributed by atoms with E-state index in [9.17, 15) is 9.59 Å². The fraction of sp³-hybridized carbons (Fsp3) is 0.0476. The number of carbonyl (C=O) groups excluding carboxylic acids is 1. The molecule has 122 valence electrons. The number of hydrogen-bond donors (Lipinski definition) is 1. The molecule has 0 spiro atoms. The van der Waals surface area contributed by atoms with Crippen molar-refractivity contribution in [2.24, 2.45) is 0 Å². The van der Waals surface area contributed by atoms with Crippen molar-refractivity contribution >= 4 is 33.7 Å². The lowest BCUT2D eigenvalue weighted by Gasteiger charge is -2.02. The molecule has 3 aromatic carbocycles. The quantitative estimate of drug-likeness (QED) is 0.547. The molecule has 0 bridgehead atoms. The number of carbonyl (C=O) groups is 2. The number of carboxylic acid groups (broad SMARTS) is 1. The maximum atomic E-state index is 12.7. The fourth-order valence-electron chi connectivity index (χ4n) is 2.96. The van der Waals surface area contributed by atoms with E-state index >= 15 is 0 Å². The predicted molar refractivity (Wildman–Crippen MR) is 95.3 cm³/mol. The summed E-state index contributed by atoms with van der Waals surface area (Å²) in [5, 5.41) is 10.8. The first kappa shape index (κ1) is 15.1. The van der Waals surface area contributed by atoms with Crippen molar-refractivity contribution in [1.29, 1.82) is 0 Å². The zero-order chi connectivity index (χ0) is 17.6. The summed E-state index contributed by atoms with van der Waals surface area (Å²) in [6, 6.07) is 17.2. The SMILES string of the molecule is Cc1ccc2oc3ccc(C(=O)c4ccc(C(=O)O)cc4)cc3c2c1. The van der Waals surface area contributed by atoms with Crippen LogP contribution in [0.15, 0.2) is 65.1 Å². The van der Waals surface area contributed by atoms with Gasteiger partial charge in [-0.1, -0.05) is 23.8 Å². The third kappa shape index (κ3) is 2.58. The van der Waals surface area contributed by atoms with E-state index in [4.69, 9.17) is 9.52 Å². The van der Waals surface area contributed by atoms with Gasteiger partial charge in [-0.2, -0.15) is 0 Å². The maximum absolute atomic E-state index is 12.7. The molecule has 0 aliphatic rings. The van der Waals surface area contributed by atoms with Crippen LogP contribution in [0.3, 0.4) is 0 Å². The van der Waals surface area contributed by atoms with E-state index in [-0.39, 0.29) is 11.3 Å². The second-order valence-electron chi connectivity index (χ2n) is 6.02. The number of hydrogen-bond acceptors (Lipinski definition) is 3. The first-order valence-corrected chi connectivity index (χ1v) is 7.84. The molecule has 4 nitrogen and oxygen atoms in total. The van der Waals surface area contributed by atoms with Crippen LogP contribution in [-0.4, -0.2) is 16.9 Å². The van der Waals surface area contributed by atoms with Gasteiger partial charge in [0.05, 0.1) is 5.56 Å². The van der Waals surface area contributed by atoms with Crippen LogP contribution in [0, 0.1) is 6.92 Å².